The van der Waals surface area contributed by atoms with Crippen LogP contribution in [0.25, 0.3) is 0 Å². The third-order valence-corrected chi connectivity index (χ3v) is 3.07. The van der Waals surface area contributed by atoms with E-state index in [1.807, 2.05) is 19.1 Å². The fraction of sp³-hybridized carbons (Fsp3) is 0.583. The Morgan fingerprint density at radius 2 is 2.35 bits per heavy atom. The Bertz CT molecular complexity index is 365. The highest BCUT2D eigenvalue weighted by atomic mass is 19.3. The highest BCUT2D eigenvalue weighted by Gasteiger charge is 2.41. The maximum atomic E-state index is 13.5. The second-order valence-electron chi connectivity index (χ2n) is 4.53. The van der Waals surface area contributed by atoms with Crippen LogP contribution < -0.4 is 10.6 Å². The lowest BCUT2D eigenvalue weighted by molar-refractivity contribution is -0.0678. The number of anilines is 1. The van der Waals surface area contributed by atoms with Crippen molar-refractivity contribution in [2.24, 2.45) is 5.92 Å². The summed E-state index contributed by atoms with van der Waals surface area (Å²) < 4.78 is 27.0. The van der Waals surface area contributed by atoms with E-state index in [1.54, 1.807) is 6.20 Å². The third kappa shape index (κ3) is 3.12. The van der Waals surface area contributed by atoms with Gasteiger partial charge in [0.1, 0.15) is 5.82 Å². The van der Waals surface area contributed by atoms with Crippen LogP contribution in [-0.4, -0.2) is 30.5 Å². The minimum Gasteiger partial charge on any atom is -0.370 e. The molecule has 1 saturated heterocycles. The normalized spacial score (nSPS) is 23.4. The van der Waals surface area contributed by atoms with Crippen molar-refractivity contribution in [3.8, 4) is 0 Å². The maximum absolute atomic E-state index is 13.5. The van der Waals surface area contributed by atoms with Crippen LogP contribution in [0.4, 0.5) is 14.6 Å². The number of rotatable bonds is 3. The number of nitrogens with one attached hydrogen (secondary N) is 2. The molecule has 2 heterocycles. The Balaban J connectivity index is 1.91. The van der Waals surface area contributed by atoms with Gasteiger partial charge in [0.15, 0.2) is 0 Å². The molecule has 2 N–H and O–H groups in total. The maximum Gasteiger partial charge on any atom is 0.264 e. The van der Waals surface area contributed by atoms with E-state index in [2.05, 4.69) is 15.6 Å². The lowest BCUT2D eigenvalue weighted by Gasteiger charge is -2.32. The van der Waals surface area contributed by atoms with E-state index in [0.29, 0.717) is 18.8 Å². The molecule has 1 aromatic rings. The van der Waals surface area contributed by atoms with Gasteiger partial charge >= 0.3 is 0 Å². The van der Waals surface area contributed by atoms with Crippen LogP contribution in [0.3, 0.4) is 0 Å². The van der Waals surface area contributed by atoms with E-state index in [-0.39, 0.29) is 13.1 Å². The number of piperidine rings is 1. The molecule has 94 valence electrons. The largest absolute Gasteiger partial charge is 0.370 e. The number of alkyl halides is 2. The van der Waals surface area contributed by atoms with Crippen LogP contribution in [0.1, 0.15) is 12.0 Å². The number of nitrogens with zero attached hydrogens (tertiary/aromatic N) is 1. The number of aryl methyl sites for hydroxylation is 1. The van der Waals surface area contributed by atoms with Crippen LogP contribution in [-0.2, 0) is 0 Å². The zero-order chi connectivity index (χ0) is 12.3. The predicted molar refractivity (Wildman–Crippen MR) is 63.4 cm³/mol. The molecule has 0 spiro atoms. The zero-order valence-electron chi connectivity index (χ0n) is 9.84. The van der Waals surface area contributed by atoms with Crippen molar-refractivity contribution in [3.05, 3.63) is 23.9 Å². The van der Waals surface area contributed by atoms with E-state index in [9.17, 15) is 8.78 Å². The zero-order valence-corrected chi connectivity index (χ0v) is 9.84. The van der Waals surface area contributed by atoms with E-state index in [4.69, 9.17) is 0 Å². The van der Waals surface area contributed by atoms with Gasteiger partial charge < -0.3 is 10.6 Å². The Morgan fingerprint density at radius 1 is 1.53 bits per heavy atom. The van der Waals surface area contributed by atoms with Crippen LogP contribution in [0.15, 0.2) is 18.3 Å². The monoisotopic (exact) mass is 241 g/mol. The molecule has 0 bridgehead atoms. The standard InChI is InChI=1S/C12H17F2N3/c1-9-2-3-11(16-6-9)17-7-10-4-5-15-8-12(10,13)14/h2-3,6,10,15H,4-5,7-8H2,1H3,(H,16,17)/t10-/m1/s1. The molecule has 0 amide bonds. The summed E-state index contributed by atoms with van der Waals surface area (Å²) >= 11 is 0. The van der Waals surface area contributed by atoms with Crippen LogP contribution in [0, 0.1) is 12.8 Å². The van der Waals surface area contributed by atoms with Crippen molar-refractivity contribution in [1.82, 2.24) is 10.3 Å². The van der Waals surface area contributed by atoms with Gasteiger partial charge in [0.25, 0.3) is 5.92 Å². The second-order valence-corrected chi connectivity index (χ2v) is 4.53. The lowest BCUT2D eigenvalue weighted by Crippen LogP contribution is -2.48. The number of halogens is 2. The first-order valence-corrected chi connectivity index (χ1v) is 5.83. The van der Waals surface area contributed by atoms with Gasteiger partial charge in [-0.3, -0.25) is 0 Å². The first-order chi connectivity index (χ1) is 8.08. The molecule has 0 unspecified atom stereocenters. The molecule has 1 aliphatic rings. The fourth-order valence-electron chi connectivity index (χ4n) is 1.94. The highest BCUT2D eigenvalue weighted by Crippen LogP contribution is 2.29. The summed E-state index contributed by atoms with van der Waals surface area (Å²) in [5.41, 5.74) is 1.06. The summed E-state index contributed by atoms with van der Waals surface area (Å²) in [7, 11) is 0. The van der Waals surface area contributed by atoms with Gasteiger partial charge in [0, 0.05) is 18.7 Å². The molecule has 1 fully saturated rings. The Kier molecular flexibility index (Phi) is 3.57. The average Bonchev–Trinajstić information content (AvgIpc) is 2.29. The summed E-state index contributed by atoms with van der Waals surface area (Å²) in [6.45, 7) is 2.65. The SMILES string of the molecule is Cc1ccc(NC[C@H]2CCNCC2(F)F)nc1. The average molecular weight is 241 g/mol. The molecule has 1 aromatic heterocycles. The quantitative estimate of drug-likeness (QED) is 0.850. The molecule has 0 radical (unpaired) electrons. The van der Waals surface area contributed by atoms with E-state index in [1.165, 1.54) is 0 Å². The minimum absolute atomic E-state index is 0.222. The number of aromatic nitrogens is 1. The van der Waals surface area contributed by atoms with Crippen molar-refractivity contribution in [3.63, 3.8) is 0 Å². The summed E-state index contributed by atoms with van der Waals surface area (Å²) in [4.78, 5) is 4.14. The number of pyridine rings is 1. The van der Waals surface area contributed by atoms with Gasteiger partial charge in [-0.1, -0.05) is 6.07 Å². The second kappa shape index (κ2) is 4.96. The van der Waals surface area contributed by atoms with Gasteiger partial charge in [-0.25, -0.2) is 13.8 Å². The van der Waals surface area contributed by atoms with Gasteiger partial charge in [-0.15, -0.1) is 0 Å². The van der Waals surface area contributed by atoms with E-state index < -0.39 is 11.8 Å². The summed E-state index contributed by atoms with van der Waals surface area (Å²) in [5, 5.41) is 5.70. The van der Waals surface area contributed by atoms with Crippen molar-refractivity contribution >= 4 is 5.82 Å². The van der Waals surface area contributed by atoms with Gasteiger partial charge in [0.2, 0.25) is 0 Å². The third-order valence-electron chi connectivity index (χ3n) is 3.07. The molecule has 0 aromatic carbocycles. The molecule has 17 heavy (non-hydrogen) atoms. The Labute approximate surface area is 99.6 Å². The molecule has 3 nitrogen and oxygen atoms in total. The smallest absolute Gasteiger partial charge is 0.264 e. The molecule has 1 atom stereocenters. The topological polar surface area (TPSA) is 37.0 Å². The first kappa shape index (κ1) is 12.2. The lowest BCUT2D eigenvalue weighted by atomic mass is 9.94. The number of hydrogen-bond acceptors (Lipinski definition) is 3. The highest BCUT2D eigenvalue weighted by molar-refractivity contribution is 5.35. The van der Waals surface area contributed by atoms with Gasteiger partial charge in [-0.2, -0.15) is 0 Å². The van der Waals surface area contributed by atoms with E-state index >= 15 is 0 Å². The van der Waals surface area contributed by atoms with Crippen LogP contribution in [0.5, 0.6) is 0 Å². The molecule has 1 aliphatic heterocycles. The van der Waals surface area contributed by atoms with Crippen molar-refractivity contribution in [1.29, 1.82) is 0 Å². The van der Waals surface area contributed by atoms with Crippen molar-refractivity contribution in [2.45, 2.75) is 19.3 Å². The van der Waals surface area contributed by atoms with Crippen LogP contribution >= 0.6 is 0 Å². The summed E-state index contributed by atoms with van der Waals surface area (Å²) in [5.74, 6) is -2.59. The predicted octanol–water partition coefficient (Wildman–Crippen LogP) is 2.05. The Morgan fingerprint density at radius 3 is 3.00 bits per heavy atom. The summed E-state index contributed by atoms with van der Waals surface area (Å²) in [6.07, 6.45) is 2.22. The molecular formula is C12H17F2N3. The molecule has 2 rings (SSSR count). The van der Waals surface area contributed by atoms with E-state index in [0.717, 1.165) is 5.56 Å². The molecule has 0 aliphatic carbocycles. The first-order valence-electron chi connectivity index (χ1n) is 5.83. The molecule has 0 saturated carbocycles. The number of hydrogen-bond donors (Lipinski definition) is 2. The van der Waals surface area contributed by atoms with Gasteiger partial charge in [-0.05, 0) is 31.5 Å². The van der Waals surface area contributed by atoms with Crippen LogP contribution in [0.2, 0.25) is 0 Å². The van der Waals surface area contributed by atoms with Gasteiger partial charge in [0.05, 0.1) is 6.54 Å². The molecular weight excluding hydrogens is 224 g/mol. The fourth-order valence-corrected chi connectivity index (χ4v) is 1.94. The van der Waals surface area contributed by atoms with Crippen molar-refractivity contribution in [2.75, 3.05) is 25.0 Å². The summed E-state index contributed by atoms with van der Waals surface area (Å²) in [6, 6.07) is 3.73. The Hall–Kier alpha value is -1.23. The molecule has 5 heteroatoms. The minimum atomic E-state index is -2.63. The van der Waals surface area contributed by atoms with Crippen molar-refractivity contribution < 1.29 is 8.78 Å².